The Hall–Kier alpha value is -1.55. The molecule has 1 heterocycles. The van der Waals surface area contributed by atoms with Crippen molar-refractivity contribution < 1.29 is 0 Å². The number of halogens is 1. The van der Waals surface area contributed by atoms with E-state index in [4.69, 9.17) is 5.73 Å². The molecule has 2 aromatic rings. The fourth-order valence-electron chi connectivity index (χ4n) is 1.58. The van der Waals surface area contributed by atoms with Crippen molar-refractivity contribution in [2.75, 3.05) is 5.73 Å². The Bertz CT molecular complexity index is 590. The minimum Gasteiger partial charge on any atom is -0.399 e. The van der Waals surface area contributed by atoms with Crippen molar-refractivity contribution in [3.05, 3.63) is 51.2 Å². The number of pyridine rings is 1. The maximum Gasteiger partial charge on any atom is 0.252 e. The highest BCUT2D eigenvalue weighted by Crippen LogP contribution is 2.22. The van der Waals surface area contributed by atoms with Crippen LogP contribution in [0.2, 0.25) is 0 Å². The zero-order valence-corrected chi connectivity index (χ0v) is 10.4. The van der Waals surface area contributed by atoms with E-state index in [0.29, 0.717) is 5.69 Å². The first-order valence-electron chi connectivity index (χ1n) is 4.80. The molecule has 0 radical (unpaired) electrons. The summed E-state index contributed by atoms with van der Waals surface area (Å²) in [6.45, 7) is 0. The fraction of sp³-hybridized carbons (Fsp3) is 0.0833. The molecule has 0 aliphatic heterocycles. The van der Waals surface area contributed by atoms with E-state index in [1.807, 2.05) is 24.3 Å². The van der Waals surface area contributed by atoms with Crippen LogP contribution >= 0.6 is 15.9 Å². The molecule has 4 heteroatoms. The number of hydrogen-bond donors (Lipinski definition) is 1. The van der Waals surface area contributed by atoms with E-state index < -0.39 is 0 Å². The molecule has 16 heavy (non-hydrogen) atoms. The van der Waals surface area contributed by atoms with Gasteiger partial charge in [0.25, 0.3) is 5.56 Å². The predicted molar refractivity (Wildman–Crippen MR) is 69.2 cm³/mol. The van der Waals surface area contributed by atoms with Crippen LogP contribution < -0.4 is 11.3 Å². The second-order valence-corrected chi connectivity index (χ2v) is 4.50. The molecule has 0 bridgehead atoms. The Morgan fingerprint density at radius 3 is 2.69 bits per heavy atom. The van der Waals surface area contributed by atoms with Gasteiger partial charge in [-0.15, -0.1) is 0 Å². The minimum atomic E-state index is -0.102. The van der Waals surface area contributed by atoms with Crippen LogP contribution in [-0.2, 0) is 7.05 Å². The van der Waals surface area contributed by atoms with E-state index in [1.54, 1.807) is 17.7 Å². The topological polar surface area (TPSA) is 48.0 Å². The van der Waals surface area contributed by atoms with Crippen molar-refractivity contribution in [1.82, 2.24) is 4.57 Å². The third kappa shape index (κ3) is 2.02. The zero-order valence-electron chi connectivity index (χ0n) is 8.77. The number of hydrogen-bond acceptors (Lipinski definition) is 2. The summed E-state index contributed by atoms with van der Waals surface area (Å²) in [6, 6.07) is 11.0. The van der Waals surface area contributed by atoms with Crippen molar-refractivity contribution in [2.45, 2.75) is 0 Å². The van der Waals surface area contributed by atoms with Crippen LogP contribution in [0.3, 0.4) is 0 Å². The molecule has 0 aliphatic rings. The van der Waals surface area contributed by atoms with E-state index in [1.165, 1.54) is 6.07 Å². The predicted octanol–water partition coefficient (Wildman–Crippen LogP) is 2.40. The van der Waals surface area contributed by atoms with Gasteiger partial charge in [-0.2, -0.15) is 0 Å². The van der Waals surface area contributed by atoms with Crippen molar-refractivity contribution >= 4 is 21.6 Å². The third-order valence-corrected chi connectivity index (χ3v) is 2.90. The van der Waals surface area contributed by atoms with Gasteiger partial charge in [-0.1, -0.05) is 28.1 Å². The lowest BCUT2D eigenvalue weighted by molar-refractivity contribution is 0.872. The Morgan fingerprint density at radius 1 is 1.25 bits per heavy atom. The normalized spacial score (nSPS) is 10.4. The van der Waals surface area contributed by atoms with Crippen molar-refractivity contribution in [2.24, 2.45) is 7.05 Å². The van der Waals surface area contributed by atoms with Gasteiger partial charge in [0, 0.05) is 23.3 Å². The Balaban J connectivity index is 2.69. The molecule has 82 valence electrons. The van der Waals surface area contributed by atoms with E-state index in [0.717, 1.165) is 15.7 Å². The number of nitrogens with two attached hydrogens (primary N) is 1. The van der Waals surface area contributed by atoms with Gasteiger partial charge in [0.1, 0.15) is 0 Å². The van der Waals surface area contributed by atoms with Gasteiger partial charge in [-0.3, -0.25) is 4.79 Å². The smallest absolute Gasteiger partial charge is 0.252 e. The molecule has 1 aromatic heterocycles. The molecule has 0 saturated carbocycles. The van der Waals surface area contributed by atoms with Gasteiger partial charge in [-0.25, -0.2) is 0 Å². The summed E-state index contributed by atoms with van der Waals surface area (Å²) in [5.41, 5.74) is 7.83. The van der Waals surface area contributed by atoms with Gasteiger partial charge in [0.2, 0.25) is 0 Å². The Kier molecular flexibility index (Phi) is 2.83. The monoisotopic (exact) mass is 278 g/mol. The lowest BCUT2D eigenvalue weighted by Gasteiger charge is -2.09. The average Bonchev–Trinajstić information content (AvgIpc) is 2.23. The first-order valence-corrected chi connectivity index (χ1v) is 5.60. The highest BCUT2D eigenvalue weighted by molar-refractivity contribution is 9.10. The molecule has 2 N–H and O–H groups in total. The maximum atomic E-state index is 11.6. The highest BCUT2D eigenvalue weighted by Gasteiger charge is 2.04. The molecule has 0 atom stereocenters. The summed E-state index contributed by atoms with van der Waals surface area (Å²) in [7, 11) is 1.73. The molecular weight excluding hydrogens is 268 g/mol. The number of anilines is 1. The molecule has 2 rings (SSSR count). The van der Waals surface area contributed by atoms with Crippen LogP contribution in [0.5, 0.6) is 0 Å². The van der Waals surface area contributed by atoms with E-state index in [2.05, 4.69) is 15.9 Å². The average molecular weight is 279 g/mol. The number of rotatable bonds is 1. The third-order valence-electron chi connectivity index (χ3n) is 2.41. The SMILES string of the molecule is Cn1c(-c2cccc(Br)c2)cc(N)cc1=O. The summed E-state index contributed by atoms with van der Waals surface area (Å²) < 4.78 is 2.55. The van der Waals surface area contributed by atoms with Crippen LogP contribution in [0, 0.1) is 0 Å². The first kappa shape index (κ1) is 11.0. The van der Waals surface area contributed by atoms with Gasteiger partial charge in [0.05, 0.1) is 5.69 Å². The quantitative estimate of drug-likeness (QED) is 0.871. The number of benzene rings is 1. The van der Waals surface area contributed by atoms with E-state index in [-0.39, 0.29) is 5.56 Å². The van der Waals surface area contributed by atoms with Crippen molar-refractivity contribution in [3.63, 3.8) is 0 Å². The minimum absolute atomic E-state index is 0.102. The lowest BCUT2D eigenvalue weighted by atomic mass is 10.1. The fourth-order valence-corrected chi connectivity index (χ4v) is 1.98. The summed E-state index contributed by atoms with van der Waals surface area (Å²) in [4.78, 5) is 11.6. The second-order valence-electron chi connectivity index (χ2n) is 3.58. The van der Waals surface area contributed by atoms with Gasteiger partial charge >= 0.3 is 0 Å². The van der Waals surface area contributed by atoms with E-state index >= 15 is 0 Å². The maximum absolute atomic E-state index is 11.6. The molecule has 0 spiro atoms. The molecule has 1 aromatic carbocycles. The molecule has 0 fully saturated rings. The molecule has 0 amide bonds. The Morgan fingerprint density at radius 2 is 2.00 bits per heavy atom. The first-order chi connectivity index (χ1) is 7.58. The summed E-state index contributed by atoms with van der Waals surface area (Å²) in [5.74, 6) is 0. The summed E-state index contributed by atoms with van der Waals surface area (Å²) >= 11 is 3.40. The van der Waals surface area contributed by atoms with Crippen LogP contribution in [-0.4, -0.2) is 4.57 Å². The standard InChI is InChI=1S/C12H11BrN2O/c1-15-11(6-10(14)7-12(15)16)8-3-2-4-9(13)5-8/h2-7H,14H2,1H3. The molecule has 0 aliphatic carbocycles. The zero-order chi connectivity index (χ0) is 11.7. The molecular formula is C12H11BrN2O. The largest absolute Gasteiger partial charge is 0.399 e. The second kappa shape index (κ2) is 4.14. The number of aromatic nitrogens is 1. The van der Waals surface area contributed by atoms with Crippen molar-refractivity contribution in [1.29, 1.82) is 0 Å². The van der Waals surface area contributed by atoms with Crippen molar-refractivity contribution in [3.8, 4) is 11.3 Å². The molecule has 0 saturated heterocycles. The van der Waals surface area contributed by atoms with E-state index in [9.17, 15) is 4.79 Å². The summed E-state index contributed by atoms with van der Waals surface area (Å²) in [5, 5.41) is 0. The highest BCUT2D eigenvalue weighted by atomic mass is 79.9. The summed E-state index contributed by atoms with van der Waals surface area (Å²) in [6.07, 6.45) is 0. The van der Waals surface area contributed by atoms with Crippen LogP contribution in [0.1, 0.15) is 0 Å². The molecule has 0 unspecified atom stereocenters. The van der Waals surface area contributed by atoms with Crippen LogP contribution in [0.4, 0.5) is 5.69 Å². The van der Waals surface area contributed by atoms with Gasteiger partial charge in [0.15, 0.2) is 0 Å². The lowest BCUT2D eigenvalue weighted by Crippen LogP contribution is -2.18. The van der Waals surface area contributed by atoms with Gasteiger partial charge in [-0.05, 0) is 23.8 Å². The number of nitrogens with zero attached hydrogens (tertiary/aromatic N) is 1. The number of nitrogen functional groups attached to an aromatic ring is 1. The molecule has 3 nitrogen and oxygen atoms in total. The van der Waals surface area contributed by atoms with Gasteiger partial charge < -0.3 is 10.3 Å². The van der Waals surface area contributed by atoms with Crippen LogP contribution in [0.25, 0.3) is 11.3 Å². The Labute approximate surface area is 102 Å². The van der Waals surface area contributed by atoms with Crippen LogP contribution in [0.15, 0.2) is 45.7 Å².